The maximum absolute atomic E-state index is 12.3. The lowest BCUT2D eigenvalue weighted by Crippen LogP contribution is -2.13. The average molecular weight is 443 g/mol. The topological polar surface area (TPSA) is 113 Å². The largest absolute Gasteiger partial charge is 0.321 e. The minimum atomic E-state index is -0.248. The van der Waals surface area contributed by atoms with Crippen molar-refractivity contribution in [3.8, 4) is 0 Å². The molecule has 3 N–H and O–H groups in total. The number of anilines is 3. The number of amides is 1. The molecule has 0 atom stereocenters. The molecule has 0 bridgehead atoms. The summed E-state index contributed by atoms with van der Waals surface area (Å²) < 4.78 is 1.87. The molecule has 4 heterocycles. The van der Waals surface area contributed by atoms with E-state index in [1.807, 2.05) is 53.9 Å². The van der Waals surface area contributed by atoms with Crippen molar-refractivity contribution in [3.05, 3.63) is 84.6 Å². The van der Waals surface area contributed by atoms with Crippen LogP contribution in [0.5, 0.6) is 0 Å². The van der Waals surface area contributed by atoms with Crippen LogP contribution in [-0.2, 0) is 0 Å². The number of hydrogen-bond acceptors (Lipinski definition) is 7. The van der Waals surface area contributed by atoms with Gasteiger partial charge in [0, 0.05) is 47.0 Å². The molecule has 0 aliphatic heterocycles. The fraction of sp³-hybridized carbons (Fsp3) is 0.0455. The Morgan fingerprint density at radius 1 is 1.06 bits per heavy atom. The zero-order chi connectivity index (χ0) is 21.9. The normalized spacial score (nSPS) is 10.9. The van der Waals surface area contributed by atoms with Crippen LogP contribution in [0.15, 0.2) is 83.1 Å². The van der Waals surface area contributed by atoms with Crippen molar-refractivity contribution in [3.63, 3.8) is 0 Å². The molecule has 0 saturated carbocycles. The average Bonchev–Trinajstić information content (AvgIpc) is 3.44. The number of pyridine rings is 1. The van der Waals surface area contributed by atoms with E-state index in [0.717, 1.165) is 21.3 Å². The maximum atomic E-state index is 12.3. The zero-order valence-electron chi connectivity index (χ0n) is 17.0. The second-order valence-electron chi connectivity index (χ2n) is 6.93. The molecule has 0 saturated heterocycles. The van der Waals surface area contributed by atoms with Crippen molar-refractivity contribution in [1.29, 1.82) is 0 Å². The predicted octanol–water partition coefficient (Wildman–Crippen LogP) is 4.30. The summed E-state index contributed by atoms with van der Waals surface area (Å²) in [6.07, 6.45) is 5.16. The Hall–Kier alpha value is -4.18. The van der Waals surface area contributed by atoms with Crippen LogP contribution >= 0.6 is 11.8 Å². The van der Waals surface area contributed by atoms with Crippen LogP contribution in [0.1, 0.15) is 16.2 Å². The highest BCUT2D eigenvalue weighted by Gasteiger charge is 2.11. The molecular formula is C22H18N8OS. The molecule has 158 valence electrons. The van der Waals surface area contributed by atoms with E-state index in [-0.39, 0.29) is 5.91 Å². The number of carbonyl (C=O) groups is 1. The van der Waals surface area contributed by atoms with Gasteiger partial charge in [-0.2, -0.15) is 5.10 Å². The van der Waals surface area contributed by atoms with E-state index in [2.05, 4.69) is 30.8 Å². The molecule has 0 unspecified atom stereocenters. The zero-order valence-corrected chi connectivity index (χ0v) is 17.8. The first kappa shape index (κ1) is 19.8. The van der Waals surface area contributed by atoms with Crippen LogP contribution in [0.3, 0.4) is 0 Å². The van der Waals surface area contributed by atoms with Gasteiger partial charge in [-0.15, -0.1) is 0 Å². The van der Waals surface area contributed by atoms with Gasteiger partial charge in [0.05, 0.1) is 0 Å². The van der Waals surface area contributed by atoms with Gasteiger partial charge in [-0.25, -0.2) is 9.97 Å². The first-order valence-corrected chi connectivity index (χ1v) is 10.6. The monoisotopic (exact) mass is 442 g/mol. The van der Waals surface area contributed by atoms with Crippen LogP contribution < -0.4 is 10.6 Å². The highest BCUT2D eigenvalue weighted by atomic mass is 32.2. The van der Waals surface area contributed by atoms with Gasteiger partial charge in [0.2, 0.25) is 5.95 Å². The molecule has 4 aromatic heterocycles. The standard InChI is InChI=1S/C22H18N8OS/c1-14-12-18(29-28-14)26-22-27-20(13-19-24-10-11-30(19)22)32-16-7-5-15(6-8-16)25-21(31)17-4-2-3-9-23-17/h2-13H,1H3,(H,25,31)(H2,26,27,28,29). The second kappa shape index (κ2) is 8.52. The maximum Gasteiger partial charge on any atom is 0.274 e. The summed E-state index contributed by atoms with van der Waals surface area (Å²) >= 11 is 1.50. The van der Waals surface area contributed by atoms with Crippen molar-refractivity contribution in [2.24, 2.45) is 0 Å². The third kappa shape index (κ3) is 4.30. The third-order valence-corrected chi connectivity index (χ3v) is 5.47. The number of rotatable bonds is 6. The number of benzene rings is 1. The number of fused-ring (bicyclic) bond motifs is 1. The number of nitrogens with zero attached hydrogens (tertiary/aromatic N) is 5. The molecule has 9 nitrogen and oxygen atoms in total. The molecule has 5 aromatic rings. The number of aromatic nitrogens is 6. The van der Waals surface area contributed by atoms with Crippen molar-refractivity contribution in [1.82, 2.24) is 29.5 Å². The molecule has 5 rings (SSSR count). The highest BCUT2D eigenvalue weighted by molar-refractivity contribution is 7.99. The summed E-state index contributed by atoms with van der Waals surface area (Å²) in [5.74, 6) is 1.05. The fourth-order valence-electron chi connectivity index (χ4n) is 3.06. The molecule has 0 aliphatic rings. The smallest absolute Gasteiger partial charge is 0.274 e. The summed E-state index contributed by atoms with van der Waals surface area (Å²) in [6, 6.07) is 16.6. The van der Waals surface area contributed by atoms with E-state index < -0.39 is 0 Å². The summed E-state index contributed by atoms with van der Waals surface area (Å²) in [4.78, 5) is 26.4. The van der Waals surface area contributed by atoms with Gasteiger partial charge in [-0.05, 0) is 43.3 Å². The molecule has 0 radical (unpaired) electrons. The van der Waals surface area contributed by atoms with Crippen LogP contribution in [0.4, 0.5) is 17.5 Å². The Labute approximate surface area is 187 Å². The fourth-order valence-corrected chi connectivity index (χ4v) is 3.87. The van der Waals surface area contributed by atoms with E-state index in [0.29, 0.717) is 23.1 Å². The van der Waals surface area contributed by atoms with E-state index in [1.54, 1.807) is 30.6 Å². The van der Waals surface area contributed by atoms with Crippen molar-refractivity contribution in [2.45, 2.75) is 16.8 Å². The molecule has 1 amide bonds. The minimum absolute atomic E-state index is 0.248. The SMILES string of the molecule is Cc1cc(Nc2nc(Sc3ccc(NC(=O)c4ccccn4)cc3)cc3nccn23)n[nH]1. The number of hydrogen-bond donors (Lipinski definition) is 3. The first-order chi connectivity index (χ1) is 15.6. The van der Waals surface area contributed by atoms with Gasteiger partial charge in [-0.3, -0.25) is 19.3 Å². The molecule has 32 heavy (non-hydrogen) atoms. The van der Waals surface area contributed by atoms with Gasteiger partial charge in [-0.1, -0.05) is 17.8 Å². The number of imidazole rings is 1. The van der Waals surface area contributed by atoms with Gasteiger partial charge >= 0.3 is 0 Å². The minimum Gasteiger partial charge on any atom is -0.321 e. The van der Waals surface area contributed by atoms with Crippen LogP contribution in [-0.4, -0.2) is 35.5 Å². The summed E-state index contributed by atoms with van der Waals surface area (Å²) in [7, 11) is 0. The van der Waals surface area contributed by atoms with Crippen LogP contribution in [0.25, 0.3) is 5.65 Å². The lowest BCUT2D eigenvalue weighted by Gasteiger charge is -2.09. The van der Waals surface area contributed by atoms with E-state index in [9.17, 15) is 4.79 Å². The molecule has 0 spiro atoms. The third-order valence-electron chi connectivity index (χ3n) is 4.54. The Morgan fingerprint density at radius 2 is 1.94 bits per heavy atom. The number of H-pyrrole nitrogens is 1. The Kier molecular flexibility index (Phi) is 5.26. The Bertz CT molecular complexity index is 1380. The highest BCUT2D eigenvalue weighted by Crippen LogP contribution is 2.29. The number of aryl methyl sites for hydroxylation is 1. The van der Waals surface area contributed by atoms with Crippen molar-refractivity contribution < 1.29 is 4.79 Å². The molecular weight excluding hydrogens is 424 g/mol. The first-order valence-electron chi connectivity index (χ1n) is 9.77. The summed E-state index contributed by atoms with van der Waals surface area (Å²) in [5, 5.41) is 14.0. The molecule has 10 heteroatoms. The van der Waals surface area contributed by atoms with Gasteiger partial charge < -0.3 is 10.6 Å². The lowest BCUT2D eigenvalue weighted by molar-refractivity contribution is 0.102. The van der Waals surface area contributed by atoms with Crippen molar-refractivity contribution >= 4 is 40.8 Å². The van der Waals surface area contributed by atoms with Gasteiger partial charge in [0.1, 0.15) is 16.4 Å². The van der Waals surface area contributed by atoms with E-state index in [4.69, 9.17) is 4.98 Å². The van der Waals surface area contributed by atoms with E-state index in [1.165, 1.54) is 11.8 Å². The van der Waals surface area contributed by atoms with Crippen LogP contribution in [0.2, 0.25) is 0 Å². The summed E-state index contributed by atoms with van der Waals surface area (Å²) in [6.45, 7) is 1.94. The number of aromatic amines is 1. The molecule has 0 fully saturated rings. The van der Waals surface area contributed by atoms with Gasteiger partial charge in [0.15, 0.2) is 5.82 Å². The Balaban J connectivity index is 1.33. The lowest BCUT2D eigenvalue weighted by atomic mass is 10.3. The number of carbonyl (C=O) groups excluding carboxylic acids is 1. The van der Waals surface area contributed by atoms with Crippen molar-refractivity contribution in [2.75, 3.05) is 10.6 Å². The Morgan fingerprint density at radius 3 is 2.69 bits per heavy atom. The second-order valence-corrected chi connectivity index (χ2v) is 8.02. The van der Waals surface area contributed by atoms with Crippen LogP contribution in [0, 0.1) is 6.92 Å². The molecule has 1 aromatic carbocycles. The molecule has 0 aliphatic carbocycles. The summed E-state index contributed by atoms with van der Waals surface area (Å²) in [5.41, 5.74) is 2.79. The van der Waals surface area contributed by atoms with Gasteiger partial charge in [0.25, 0.3) is 5.91 Å². The predicted molar refractivity (Wildman–Crippen MR) is 122 cm³/mol. The van der Waals surface area contributed by atoms with E-state index >= 15 is 0 Å². The quantitative estimate of drug-likeness (QED) is 0.336. The number of nitrogens with one attached hydrogen (secondary N) is 3.